The number of halogens is 2. The average Bonchev–Trinajstić information content (AvgIpc) is 3.36. The lowest BCUT2D eigenvalue weighted by atomic mass is 10.1. The van der Waals surface area contributed by atoms with Crippen LogP contribution in [0.5, 0.6) is 5.75 Å². The summed E-state index contributed by atoms with van der Waals surface area (Å²) in [5.41, 5.74) is 2.15. The Morgan fingerprint density at radius 1 is 1.16 bits per heavy atom. The van der Waals surface area contributed by atoms with Crippen LogP contribution < -0.4 is 15.0 Å². The van der Waals surface area contributed by atoms with Crippen molar-refractivity contribution >= 4 is 11.7 Å². The van der Waals surface area contributed by atoms with E-state index in [1.165, 1.54) is 25.5 Å². The first-order valence-corrected chi connectivity index (χ1v) is 10.3. The Labute approximate surface area is 184 Å². The van der Waals surface area contributed by atoms with E-state index in [4.69, 9.17) is 9.15 Å². The van der Waals surface area contributed by atoms with Crippen LogP contribution in [0, 0.1) is 18.6 Å². The van der Waals surface area contributed by atoms with Crippen LogP contribution in [0.1, 0.15) is 11.1 Å². The Kier molecular flexibility index (Phi) is 6.25. The van der Waals surface area contributed by atoms with E-state index in [2.05, 4.69) is 15.2 Å². The van der Waals surface area contributed by atoms with Crippen LogP contribution in [0.25, 0.3) is 11.3 Å². The quantitative estimate of drug-likeness (QED) is 0.648. The number of methoxy groups -OCH3 is 1. The van der Waals surface area contributed by atoms with E-state index in [0.717, 1.165) is 11.3 Å². The summed E-state index contributed by atoms with van der Waals surface area (Å²) < 4.78 is 38.6. The highest BCUT2D eigenvalue weighted by Crippen LogP contribution is 2.33. The number of ether oxygens (including phenoxy) is 1. The SMILES string of the molecule is COc1cc(N2CCN(C(=O)NCc3ccc(C)c(F)c3F)CC2)ccc1-c1cnco1. The zero-order chi connectivity index (χ0) is 22.7. The molecule has 0 aliphatic carbocycles. The summed E-state index contributed by atoms with van der Waals surface area (Å²) in [4.78, 5) is 20.3. The molecule has 1 aliphatic heterocycles. The maximum atomic E-state index is 14.0. The number of rotatable bonds is 5. The first-order valence-electron chi connectivity index (χ1n) is 10.3. The van der Waals surface area contributed by atoms with Crippen LogP contribution in [0.2, 0.25) is 0 Å². The number of aromatic nitrogens is 1. The number of piperazine rings is 1. The van der Waals surface area contributed by atoms with Crippen molar-refractivity contribution in [3.63, 3.8) is 0 Å². The summed E-state index contributed by atoms with van der Waals surface area (Å²) in [6, 6.07) is 8.52. The number of urea groups is 1. The molecule has 1 fully saturated rings. The molecule has 0 unspecified atom stereocenters. The van der Waals surface area contributed by atoms with Crippen molar-refractivity contribution in [2.24, 2.45) is 0 Å². The molecule has 3 aromatic rings. The number of carbonyl (C=O) groups excluding carboxylic acids is 1. The summed E-state index contributed by atoms with van der Waals surface area (Å²) in [6.07, 6.45) is 3.00. The Morgan fingerprint density at radius 2 is 1.94 bits per heavy atom. The predicted octanol–water partition coefficient (Wildman–Crippen LogP) is 3.97. The van der Waals surface area contributed by atoms with Gasteiger partial charge in [-0.05, 0) is 24.6 Å². The van der Waals surface area contributed by atoms with Gasteiger partial charge in [0.2, 0.25) is 0 Å². The summed E-state index contributed by atoms with van der Waals surface area (Å²) in [5, 5.41) is 2.68. The van der Waals surface area contributed by atoms with Gasteiger partial charge >= 0.3 is 6.03 Å². The number of amides is 2. The van der Waals surface area contributed by atoms with Gasteiger partial charge in [0.1, 0.15) is 5.75 Å². The molecule has 0 atom stereocenters. The highest BCUT2D eigenvalue weighted by Gasteiger charge is 2.23. The number of benzene rings is 2. The second kappa shape index (κ2) is 9.25. The van der Waals surface area contributed by atoms with E-state index >= 15 is 0 Å². The van der Waals surface area contributed by atoms with E-state index in [1.54, 1.807) is 18.2 Å². The van der Waals surface area contributed by atoms with Crippen molar-refractivity contribution < 1.29 is 22.7 Å². The molecule has 1 N–H and O–H groups in total. The van der Waals surface area contributed by atoms with Crippen molar-refractivity contribution in [3.05, 3.63) is 65.7 Å². The standard InChI is InChI=1S/C23H24F2N4O3/c1-15-3-4-16(22(25)21(15)24)12-27-23(30)29-9-7-28(8-10-29)17-5-6-18(19(11-17)31-2)20-13-26-14-32-20/h3-6,11,13-14H,7-10,12H2,1-2H3,(H,27,30). The third-order valence-corrected chi connectivity index (χ3v) is 5.60. The summed E-state index contributed by atoms with van der Waals surface area (Å²) >= 11 is 0. The average molecular weight is 442 g/mol. The summed E-state index contributed by atoms with van der Waals surface area (Å²) in [7, 11) is 1.60. The van der Waals surface area contributed by atoms with E-state index in [9.17, 15) is 13.6 Å². The van der Waals surface area contributed by atoms with Gasteiger partial charge in [-0.3, -0.25) is 0 Å². The first kappa shape index (κ1) is 21.6. The van der Waals surface area contributed by atoms with Gasteiger partial charge in [-0.25, -0.2) is 18.6 Å². The van der Waals surface area contributed by atoms with Gasteiger partial charge in [0, 0.05) is 50.0 Å². The van der Waals surface area contributed by atoms with Gasteiger partial charge in [0.25, 0.3) is 0 Å². The van der Waals surface area contributed by atoms with Gasteiger partial charge in [0.15, 0.2) is 23.8 Å². The number of nitrogens with zero attached hydrogens (tertiary/aromatic N) is 3. The lowest BCUT2D eigenvalue weighted by Crippen LogP contribution is -2.51. The monoisotopic (exact) mass is 442 g/mol. The molecule has 4 rings (SSSR count). The zero-order valence-corrected chi connectivity index (χ0v) is 17.9. The Morgan fingerprint density at radius 3 is 2.62 bits per heavy atom. The van der Waals surface area contributed by atoms with E-state index in [1.807, 2.05) is 18.2 Å². The molecule has 168 valence electrons. The van der Waals surface area contributed by atoms with Crippen molar-refractivity contribution in [1.82, 2.24) is 15.2 Å². The van der Waals surface area contributed by atoms with Gasteiger partial charge in [-0.15, -0.1) is 0 Å². The molecule has 1 aromatic heterocycles. The summed E-state index contributed by atoms with van der Waals surface area (Å²) in [5.74, 6) is -0.500. The molecule has 1 saturated heterocycles. The number of carbonyl (C=O) groups is 1. The fourth-order valence-corrected chi connectivity index (χ4v) is 3.70. The first-order chi connectivity index (χ1) is 15.5. The Balaban J connectivity index is 1.35. The van der Waals surface area contributed by atoms with E-state index < -0.39 is 11.6 Å². The fourth-order valence-electron chi connectivity index (χ4n) is 3.70. The largest absolute Gasteiger partial charge is 0.496 e. The smallest absolute Gasteiger partial charge is 0.317 e. The minimum Gasteiger partial charge on any atom is -0.496 e. The van der Waals surface area contributed by atoms with Crippen LogP contribution >= 0.6 is 0 Å². The van der Waals surface area contributed by atoms with Gasteiger partial charge < -0.3 is 24.3 Å². The molecule has 0 saturated carbocycles. The number of oxazole rings is 1. The molecular formula is C23H24F2N4O3. The number of anilines is 1. The zero-order valence-electron chi connectivity index (χ0n) is 17.9. The van der Waals surface area contributed by atoms with Gasteiger partial charge in [-0.2, -0.15) is 0 Å². The Bertz CT molecular complexity index is 1100. The van der Waals surface area contributed by atoms with Gasteiger partial charge in [0.05, 0.1) is 18.9 Å². The van der Waals surface area contributed by atoms with Crippen LogP contribution in [-0.4, -0.2) is 49.2 Å². The molecule has 32 heavy (non-hydrogen) atoms. The van der Waals surface area contributed by atoms with E-state index in [-0.39, 0.29) is 23.7 Å². The molecular weight excluding hydrogens is 418 g/mol. The molecule has 2 heterocycles. The lowest BCUT2D eigenvalue weighted by molar-refractivity contribution is 0.193. The third-order valence-electron chi connectivity index (χ3n) is 5.60. The van der Waals surface area contributed by atoms with Crippen LogP contribution in [0.3, 0.4) is 0 Å². The Hall–Kier alpha value is -3.62. The van der Waals surface area contributed by atoms with Crippen molar-refractivity contribution in [1.29, 1.82) is 0 Å². The maximum Gasteiger partial charge on any atom is 0.317 e. The lowest BCUT2D eigenvalue weighted by Gasteiger charge is -2.36. The van der Waals surface area contributed by atoms with Crippen molar-refractivity contribution in [3.8, 4) is 17.1 Å². The number of nitrogens with one attached hydrogen (secondary N) is 1. The minimum absolute atomic E-state index is 0.0671. The van der Waals surface area contributed by atoms with Crippen LogP contribution in [0.15, 0.2) is 47.3 Å². The molecule has 9 heteroatoms. The molecule has 7 nitrogen and oxygen atoms in total. The van der Waals surface area contributed by atoms with Gasteiger partial charge in [-0.1, -0.05) is 12.1 Å². The predicted molar refractivity (Wildman–Crippen MR) is 116 cm³/mol. The molecule has 1 aliphatic rings. The third kappa shape index (κ3) is 4.37. The van der Waals surface area contributed by atoms with Crippen molar-refractivity contribution in [2.75, 3.05) is 38.2 Å². The normalized spacial score (nSPS) is 13.9. The molecule has 2 aromatic carbocycles. The number of aryl methyl sites for hydroxylation is 1. The molecule has 0 spiro atoms. The fraction of sp³-hybridized carbons (Fsp3) is 0.304. The second-order valence-electron chi connectivity index (χ2n) is 7.55. The number of hydrogen-bond donors (Lipinski definition) is 1. The summed E-state index contributed by atoms with van der Waals surface area (Å²) in [6.45, 7) is 3.70. The van der Waals surface area contributed by atoms with E-state index in [0.29, 0.717) is 37.7 Å². The molecule has 0 bridgehead atoms. The highest BCUT2D eigenvalue weighted by atomic mass is 19.2. The van der Waals surface area contributed by atoms with Crippen molar-refractivity contribution in [2.45, 2.75) is 13.5 Å². The van der Waals surface area contributed by atoms with Crippen LogP contribution in [0.4, 0.5) is 19.3 Å². The molecule has 2 amide bonds. The maximum absolute atomic E-state index is 14.0. The topological polar surface area (TPSA) is 70.8 Å². The second-order valence-corrected chi connectivity index (χ2v) is 7.55. The highest BCUT2D eigenvalue weighted by molar-refractivity contribution is 5.75. The molecule has 0 radical (unpaired) electrons. The minimum atomic E-state index is -0.919. The number of hydrogen-bond acceptors (Lipinski definition) is 5. The van der Waals surface area contributed by atoms with Crippen LogP contribution in [-0.2, 0) is 6.54 Å².